The molecule has 0 fully saturated rings. The third-order valence-electron chi connectivity index (χ3n) is 4.86. The van der Waals surface area contributed by atoms with Gasteiger partial charge in [-0.3, -0.25) is 19.0 Å². The summed E-state index contributed by atoms with van der Waals surface area (Å²) in [5, 5.41) is 0.917. The maximum atomic E-state index is 13.3. The average Bonchev–Trinajstić information content (AvgIpc) is 3.03. The number of fused-ring (bicyclic) bond motifs is 3. The summed E-state index contributed by atoms with van der Waals surface area (Å²) in [7, 11) is 3.11. The monoisotopic (exact) mass is 375 g/mol. The van der Waals surface area contributed by atoms with E-state index in [4.69, 9.17) is 4.74 Å². The van der Waals surface area contributed by atoms with Crippen LogP contribution in [0.25, 0.3) is 21.9 Å². The van der Waals surface area contributed by atoms with Crippen molar-refractivity contribution in [3.63, 3.8) is 0 Å². The fourth-order valence-corrected chi connectivity index (χ4v) is 3.56. The summed E-state index contributed by atoms with van der Waals surface area (Å²) >= 11 is 0. The number of aryl methyl sites for hydroxylation is 1. The van der Waals surface area contributed by atoms with Crippen molar-refractivity contribution in [2.24, 2.45) is 7.05 Å². The minimum Gasteiger partial charge on any atom is -0.494 e. The number of hydrogen-bond donors (Lipinski definition) is 0. The first-order valence-electron chi connectivity index (χ1n) is 8.65. The van der Waals surface area contributed by atoms with Gasteiger partial charge in [-0.05, 0) is 12.1 Å². The molecule has 0 bridgehead atoms. The maximum Gasteiger partial charge on any atom is 0.265 e. The largest absolute Gasteiger partial charge is 0.494 e. The number of rotatable bonds is 5. The van der Waals surface area contributed by atoms with Crippen molar-refractivity contribution >= 4 is 34.0 Å². The SMILES string of the molecule is COc1c(C=O)n(C)c2c1c(=O)n(CC(=O)c1ccccc1)c1ncccc21. The predicted molar refractivity (Wildman–Crippen MR) is 105 cm³/mol. The number of methoxy groups -OCH3 is 1. The molecule has 0 unspecified atom stereocenters. The first-order chi connectivity index (χ1) is 13.6. The number of pyridine rings is 2. The second-order valence-electron chi connectivity index (χ2n) is 6.37. The van der Waals surface area contributed by atoms with Crippen molar-refractivity contribution in [2.75, 3.05) is 7.11 Å². The molecule has 28 heavy (non-hydrogen) atoms. The van der Waals surface area contributed by atoms with Gasteiger partial charge >= 0.3 is 0 Å². The van der Waals surface area contributed by atoms with Gasteiger partial charge in [-0.1, -0.05) is 30.3 Å². The Kier molecular flexibility index (Phi) is 4.27. The highest BCUT2D eigenvalue weighted by Gasteiger charge is 2.24. The fraction of sp³-hybridized carbons (Fsp3) is 0.143. The Hall–Kier alpha value is -3.74. The number of carbonyl (C=O) groups excluding carboxylic acids is 2. The molecule has 0 atom stereocenters. The van der Waals surface area contributed by atoms with Crippen LogP contribution in [0.4, 0.5) is 0 Å². The van der Waals surface area contributed by atoms with Gasteiger partial charge < -0.3 is 9.30 Å². The van der Waals surface area contributed by atoms with Gasteiger partial charge in [-0.15, -0.1) is 0 Å². The lowest BCUT2D eigenvalue weighted by Gasteiger charge is -2.11. The summed E-state index contributed by atoms with van der Waals surface area (Å²) in [4.78, 5) is 42.0. The molecule has 0 aliphatic rings. The van der Waals surface area contributed by atoms with Crippen molar-refractivity contribution in [2.45, 2.75) is 6.54 Å². The Morgan fingerprint density at radius 1 is 1.18 bits per heavy atom. The molecule has 0 radical (unpaired) electrons. The molecule has 7 nitrogen and oxygen atoms in total. The van der Waals surface area contributed by atoms with Crippen LogP contribution in [-0.2, 0) is 13.6 Å². The molecule has 3 heterocycles. The predicted octanol–water partition coefficient (Wildman–Crippen LogP) is 2.59. The van der Waals surface area contributed by atoms with Gasteiger partial charge in [0.25, 0.3) is 5.56 Å². The van der Waals surface area contributed by atoms with Gasteiger partial charge in [0.05, 0.1) is 19.2 Å². The smallest absolute Gasteiger partial charge is 0.265 e. The number of hydrogen-bond acceptors (Lipinski definition) is 5. The summed E-state index contributed by atoms with van der Waals surface area (Å²) in [5.74, 6) is -0.0105. The molecule has 0 saturated carbocycles. The first-order valence-corrected chi connectivity index (χ1v) is 8.65. The minimum atomic E-state index is -0.425. The van der Waals surface area contributed by atoms with E-state index >= 15 is 0 Å². The summed E-state index contributed by atoms with van der Waals surface area (Å²) in [6.07, 6.45) is 2.22. The average molecular weight is 375 g/mol. The lowest BCUT2D eigenvalue weighted by Crippen LogP contribution is -2.25. The van der Waals surface area contributed by atoms with Crippen LogP contribution < -0.4 is 10.3 Å². The Balaban J connectivity index is 2.06. The number of nitrogens with zero attached hydrogens (tertiary/aromatic N) is 3. The zero-order valence-corrected chi connectivity index (χ0v) is 15.4. The molecule has 4 rings (SSSR count). The molecule has 0 spiro atoms. The zero-order chi connectivity index (χ0) is 19.8. The van der Waals surface area contributed by atoms with E-state index in [-0.39, 0.29) is 29.2 Å². The topological polar surface area (TPSA) is 83.2 Å². The van der Waals surface area contributed by atoms with Crippen molar-refractivity contribution in [3.05, 3.63) is 70.3 Å². The molecule has 7 heteroatoms. The van der Waals surface area contributed by atoms with Crippen LogP contribution in [0.3, 0.4) is 0 Å². The molecule has 1 aromatic carbocycles. The van der Waals surface area contributed by atoms with Gasteiger partial charge in [-0.2, -0.15) is 0 Å². The van der Waals surface area contributed by atoms with E-state index in [9.17, 15) is 14.4 Å². The lowest BCUT2D eigenvalue weighted by atomic mass is 10.1. The molecule has 3 aromatic heterocycles. The van der Waals surface area contributed by atoms with Gasteiger partial charge in [-0.25, -0.2) is 4.98 Å². The van der Waals surface area contributed by atoms with E-state index in [0.717, 1.165) is 0 Å². The van der Waals surface area contributed by atoms with E-state index < -0.39 is 5.56 Å². The Labute approximate surface area is 159 Å². The highest BCUT2D eigenvalue weighted by molar-refractivity contribution is 6.09. The van der Waals surface area contributed by atoms with Gasteiger partial charge in [0.2, 0.25) is 0 Å². The number of ketones is 1. The molecule has 0 amide bonds. The van der Waals surface area contributed by atoms with Crippen molar-refractivity contribution in [1.82, 2.24) is 14.1 Å². The summed E-state index contributed by atoms with van der Waals surface area (Å²) < 4.78 is 8.33. The second kappa shape index (κ2) is 6.77. The van der Waals surface area contributed by atoms with Crippen LogP contribution in [-0.4, -0.2) is 33.3 Å². The van der Waals surface area contributed by atoms with Crippen LogP contribution in [0.1, 0.15) is 20.8 Å². The van der Waals surface area contributed by atoms with E-state index in [2.05, 4.69) is 4.98 Å². The zero-order valence-electron chi connectivity index (χ0n) is 15.4. The van der Waals surface area contributed by atoms with Crippen LogP contribution >= 0.6 is 0 Å². The molecular weight excluding hydrogens is 358 g/mol. The highest BCUT2D eigenvalue weighted by atomic mass is 16.5. The quantitative estimate of drug-likeness (QED) is 0.395. The summed E-state index contributed by atoms with van der Waals surface area (Å²) in [6, 6.07) is 12.3. The van der Waals surface area contributed by atoms with Crippen molar-refractivity contribution in [3.8, 4) is 5.75 Å². The Morgan fingerprint density at radius 3 is 2.61 bits per heavy atom. The van der Waals surface area contributed by atoms with Gasteiger partial charge in [0.15, 0.2) is 17.8 Å². The second-order valence-corrected chi connectivity index (χ2v) is 6.37. The van der Waals surface area contributed by atoms with Crippen LogP contribution in [0, 0.1) is 0 Å². The van der Waals surface area contributed by atoms with E-state index in [1.165, 1.54) is 11.7 Å². The van der Waals surface area contributed by atoms with E-state index in [0.29, 0.717) is 28.4 Å². The molecule has 0 saturated heterocycles. The number of aldehydes is 1. The molecule has 4 aromatic rings. The molecule has 0 aliphatic carbocycles. The van der Waals surface area contributed by atoms with Crippen molar-refractivity contribution in [1.29, 1.82) is 0 Å². The van der Waals surface area contributed by atoms with E-state index in [1.807, 2.05) is 12.1 Å². The third kappa shape index (κ3) is 2.51. The third-order valence-corrected chi connectivity index (χ3v) is 4.86. The number of ether oxygens (including phenoxy) is 1. The first kappa shape index (κ1) is 17.7. The van der Waals surface area contributed by atoms with Crippen LogP contribution in [0.15, 0.2) is 53.5 Å². The van der Waals surface area contributed by atoms with Crippen LogP contribution in [0.2, 0.25) is 0 Å². The summed E-state index contributed by atoms with van der Waals surface area (Å²) in [5.41, 5.74) is 1.27. The van der Waals surface area contributed by atoms with Crippen LogP contribution in [0.5, 0.6) is 5.75 Å². The molecule has 0 aliphatic heterocycles. The van der Waals surface area contributed by atoms with E-state index in [1.54, 1.807) is 48.1 Å². The summed E-state index contributed by atoms with van der Waals surface area (Å²) in [6.45, 7) is -0.166. The highest BCUT2D eigenvalue weighted by Crippen LogP contribution is 2.33. The number of Topliss-reactive ketones (excluding diaryl/α,β-unsaturated/α-hetero) is 1. The maximum absolute atomic E-state index is 13.3. The lowest BCUT2D eigenvalue weighted by molar-refractivity contribution is 0.0972. The molecule has 0 N–H and O–H groups in total. The fourth-order valence-electron chi connectivity index (χ4n) is 3.56. The number of aromatic nitrogens is 3. The standard InChI is InChI=1S/C21H17N3O4/c1-23-15(12-25)19(28-2)17-18(23)14-9-6-10-22-20(14)24(21(17)27)11-16(26)13-7-4-3-5-8-13/h3-10,12H,11H2,1-2H3. The minimum absolute atomic E-state index is 0.166. The van der Waals surface area contributed by atoms with Gasteiger partial charge in [0, 0.05) is 24.2 Å². The number of carbonyl (C=O) groups is 2. The Morgan fingerprint density at radius 2 is 1.93 bits per heavy atom. The Bertz CT molecular complexity index is 1290. The molecular formula is C21H17N3O4. The normalized spacial score (nSPS) is 11.1. The molecule has 140 valence electrons. The number of benzene rings is 1. The van der Waals surface area contributed by atoms with Gasteiger partial charge in [0.1, 0.15) is 16.7 Å². The van der Waals surface area contributed by atoms with Crippen molar-refractivity contribution < 1.29 is 14.3 Å².